The summed E-state index contributed by atoms with van der Waals surface area (Å²) in [6, 6.07) is 11.8. The molecule has 2 N–H and O–H groups in total. The van der Waals surface area contributed by atoms with Gasteiger partial charge in [-0.05, 0) is 36.2 Å². The number of hydrogen-bond donors (Lipinski definition) is 2. The fraction of sp³-hybridized carbons (Fsp3) is 0.227. The van der Waals surface area contributed by atoms with Crippen LogP contribution in [0.1, 0.15) is 25.1 Å². The Morgan fingerprint density at radius 3 is 2.65 bits per heavy atom. The fourth-order valence-electron chi connectivity index (χ4n) is 3.60. The van der Waals surface area contributed by atoms with Crippen molar-refractivity contribution in [2.45, 2.75) is 25.8 Å². The highest BCUT2D eigenvalue weighted by molar-refractivity contribution is 6.44. The molecule has 160 valence electrons. The van der Waals surface area contributed by atoms with Crippen LogP contribution in [0.15, 0.2) is 42.5 Å². The number of nitrogens with zero attached hydrogens (tertiary/aromatic N) is 2. The molecule has 1 aliphatic rings. The van der Waals surface area contributed by atoms with E-state index < -0.39 is 6.04 Å². The molecule has 0 bridgehead atoms. The zero-order chi connectivity index (χ0) is 22.1. The highest BCUT2D eigenvalue weighted by atomic mass is 35.5. The molecule has 1 aliphatic heterocycles. The van der Waals surface area contributed by atoms with Crippen LogP contribution < -0.4 is 15.4 Å². The Bertz CT molecular complexity index is 1160. The van der Waals surface area contributed by atoms with Crippen LogP contribution in [0.5, 0.6) is 5.75 Å². The zero-order valence-corrected chi connectivity index (χ0v) is 18.4. The average molecular weight is 459 g/mol. The molecule has 0 aliphatic carbocycles. The highest BCUT2D eigenvalue weighted by Crippen LogP contribution is 2.39. The Kier molecular flexibility index (Phi) is 5.89. The van der Waals surface area contributed by atoms with Gasteiger partial charge in [-0.2, -0.15) is 5.10 Å². The SMILES string of the molecule is CCc1nn2c(c1-c1ccc(OC)cc1)NC(=O)C2CC(=O)Nc1cccc(Cl)c1Cl. The molecule has 3 aromatic rings. The molecule has 31 heavy (non-hydrogen) atoms. The van der Waals surface area contributed by atoms with E-state index in [2.05, 4.69) is 15.7 Å². The van der Waals surface area contributed by atoms with Crippen LogP contribution in [0, 0.1) is 0 Å². The molecule has 0 fully saturated rings. The van der Waals surface area contributed by atoms with Crippen molar-refractivity contribution in [3.63, 3.8) is 0 Å². The number of halogens is 2. The van der Waals surface area contributed by atoms with Crippen molar-refractivity contribution < 1.29 is 14.3 Å². The van der Waals surface area contributed by atoms with E-state index in [1.807, 2.05) is 31.2 Å². The summed E-state index contributed by atoms with van der Waals surface area (Å²) in [5.41, 5.74) is 2.99. The van der Waals surface area contributed by atoms with Crippen LogP contribution >= 0.6 is 23.2 Å². The lowest BCUT2D eigenvalue weighted by Gasteiger charge is -2.11. The van der Waals surface area contributed by atoms with Crippen LogP contribution in [0.2, 0.25) is 10.0 Å². The summed E-state index contributed by atoms with van der Waals surface area (Å²) in [7, 11) is 1.61. The highest BCUT2D eigenvalue weighted by Gasteiger charge is 2.36. The van der Waals surface area contributed by atoms with E-state index in [4.69, 9.17) is 27.9 Å². The maximum atomic E-state index is 12.7. The summed E-state index contributed by atoms with van der Waals surface area (Å²) in [5.74, 6) is 0.679. The summed E-state index contributed by atoms with van der Waals surface area (Å²) in [6.45, 7) is 2.00. The van der Waals surface area contributed by atoms with Crippen LogP contribution in [0.25, 0.3) is 11.1 Å². The molecule has 0 saturated carbocycles. The first-order valence-corrected chi connectivity index (χ1v) is 10.5. The second kappa shape index (κ2) is 8.61. The number of rotatable bonds is 6. The van der Waals surface area contributed by atoms with E-state index in [1.165, 1.54) is 0 Å². The molecule has 0 radical (unpaired) electrons. The van der Waals surface area contributed by atoms with E-state index in [9.17, 15) is 9.59 Å². The van der Waals surface area contributed by atoms with Gasteiger partial charge in [-0.1, -0.05) is 48.3 Å². The second-order valence-corrected chi connectivity index (χ2v) is 7.84. The van der Waals surface area contributed by atoms with Gasteiger partial charge >= 0.3 is 0 Å². The number of amides is 2. The van der Waals surface area contributed by atoms with Gasteiger partial charge in [-0.3, -0.25) is 9.59 Å². The number of fused-ring (bicyclic) bond motifs is 1. The fourth-order valence-corrected chi connectivity index (χ4v) is 3.95. The molecular formula is C22H20Cl2N4O3. The number of methoxy groups -OCH3 is 1. The number of benzene rings is 2. The molecule has 1 aromatic heterocycles. The van der Waals surface area contributed by atoms with Crippen molar-refractivity contribution in [2.24, 2.45) is 0 Å². The molecule has 2 aromatic carbocycles. The monoisotopic (exact) mass is 458 g/mol. The lowest BCUT2D eigenvalue weighted by atomic mass is 10.0. The predicted molar refractivity (Wildman–Crippen MR) is 121 cm³/mol. The molecule has 9 heteroatoms. The first kappa shape index (κ1) is 21.2. The molecule has 7 nitrogen and oxygen atoms in total. The minimum Gasteiger partial charge on any atom is -0.497 e. The van der Waals surface area contributed by atoms with Gasteiger partial charge in [0.1, 0.15) is 17.6 Å². The van der Waals surface area contributed by atoms with Gasteiger partial charge in [0.25, 0.3) is 5.91 Å². The molecule has 0 spiro atoms. The number of aryl methyl sites for hydroxylation is 1. The summed E-state index contributed by atoms with van der Waals surface area (Å²) in [4.78, 5) is 25.3. The summed E-state index contributed by atoms with van der Waals surface area (Å²) in [6.07, 6.45) is 0.586. The van der Waals surface area contributed by atoms with E-state index in [-0.39, 0.29) is 23.3 Å². The normalized spacial score (nSPS) is 14.8. The van der Waals surface area contributed by atoms with Crippen LogP contribution in [-0.2, 0) is 16.0 Å². The Morgan fingerprint density at radius 1 is 1.23 bits per heavy atom. The van der Waals surface area contributed by atoms with E-state index in [0.29, 0.717) is 22.9 Å². The summed E-state index contributed by atoms with van der Waals surface area (Å²) < 4.78 is 6.82. The zero-order valence-electron chi connectivity index (χ0n) is 16.9. The van der Waals surface area contributed by atoms with Gasteiger partial charge in [0.2, 0.25) is 5.91 Å². The Hall–Kier alpha value is -3.03. The third-order valence-electron chi connectivity index (χ3n) is 5.14. The van der Waals surface area contributed by atoms with Crippen molar-refractivity contribution in [1.29, 1.82) is 0 Å². The van der Waals surface area contributed by atoms with Crippen LogP contribution in [0.3, 0.4) is 0 Å². The van der Waals surface area contributed by atoms with Gasteiger partial charge in [0.05, 0.1) is 35.0 Å². The van der Waals surface area contributed by atoms with Gasteiger partial charge in [-0.25, -0.2) is 4.68 Å². The predicted octanol–water partition coefficient (Wildman–Crippen LogP) is 4.95. The van der Waals surface area contributed by atoms with E-state index in [1.54, 1.807) is 30.0 Å². The average Bonchev–Trinajstić information content (AvgIpc) is 3.26. The van der Waals surface area contributed by atoms with Crippen molar-refractivity contribution >= 4 is 46.5 Å². The number of ether oxygens (including phenoxy) is 1. The van der Waals surface area contributed by atoms with Gasteiger partial charge in [0, 0.05) is 5.56 Å². The number of nitrogens with one attached hydrogen (secondary N) is 2. The smallest absolute Gasteiger partial charge is 0.251 e. The number of aromatic nitrogens is 2. The lowest BCUT2D eigenvalue weighted by molar-refractivity contribution is -0.123. The molecule has 4 rings (SSSR count). The first-order valence-electron chi connectivity index (χ1n) is 9.73. The molecule has 1 unspecified atom stereocenters. The van der Waals surface area contributed by atoms with Crippen LogP contribution in [0.4, 0.5) is 11.5 Å². The Morgan fingerprint density at radius 2 is 1.97 bits per heavy atom. The molecule has 0 saturated heterocycles. The topological polar surface area (TPSA) is 85.2 Å². The minimum atomic E-state index is -0.759. The molecule has 2 amide bonds. The van der Waals surface area contributed by atoms with Crippen molar-refractivity contribution in [3.05, 3.63) is 58.2 Å². The summed E-state index contributed by atoms with van der Waals surface area (Å²) in [5, 5.41) is 10.8. The maximum absolute atomic E-state index is 12.7. The van der Waals surface area contributed by atoms with Gasteiger partial charge in [-0.15, -0.1) is 0 Å². The maximum Gasteiger partial charge on any atom is 0.251 e. The van der Waals surface area contributed by atoms with Gasteiger partial charge in [0.15, 0.2) is 0 Å². The standard InChI is InChI=1S/C22H20Cl2N4O3/c1-3-15-19(12-7-9-13(31-2)10-8-12)21-26-22(30)17(28(21)27-15)11-18(29)25-16-6-4-5-14(23)20(16)24/h4-10,17H,3,11H2,1-2H3,(H,25,29)(H,26,30). The second-order valence-electron chi connectivity index (χ2n) is 7.06. The Labute approximate surface area is 189 Å². The van der Waals surface area contributed by atoms with E-state index >= 15 is 0 Å². The number of anilines is 2. The third kappa shape index (κ3) is 3.98. The lowest BCUT2D eigenvalue weighted by Crippen LogP contribution is -2.24. The largest absolute Gasteiger partial charge is 0.497 e. The number of carbonyl (C=O) groups excluding carboxylic acids is 2. The summed E-state index contributed by atoms with van der Waals surface area (Å²) >= 11 is 12.1. The van der Waals surface area contributed by atoms with Crippen molar-refractivity contribution in [3.8, 4) is 16.9 Å². The number of hydrogen-bond acceptors (Lipinski definition) is 4. The quantitative estimate of drug-likeness (QED) is 0.546. The van der Waals surface area contributed by atoms with Crippen LogP contribution in [-0.4, -0.2) is 28.7 Å². The van der Waals surface area contributed by atoms with Crippen molar-refractivity contribution in [2.75, 3.05) is 17.7 Å². The minimum absolute atomic E-state index is 0.0887. The molecule has 2 heterocycles. The number of carbonyl (C=O) groups is 2. The van der Waals surface area contributed by atoms with E-state index in [0.717, 1.165) is 22.6 Å². The molecule has 1 atom stereocenters. The van der Waals surface area contributed by atoms with Crippen molar-refractivity contribution in [1.82, 2.24) is 9.78 Å². The third-order valence-corrected chi connectivity index (χ3v) is 5.96. The van der Waals surface area contributed by atoms with Gasteiger partial charge < -0.3 is 15.4 Å². The Balaban J connectivity index is 1.61. The molecular weight excluding hydrogens is 439 g/mol. The first-order chi connectivity index (χ1) is 14.9.